The summed E-state index contributed by atoms with van der Waals surface area (Å²) in [4.78, 5) is 34.5. The molecule has 2 amide bonds. The summed E-state index contributed by atoms with van der Waals surface area (Å²) in [7, 11) is 0. The van der Waals surface area contributed by atoms with Gasteiger partial charge in [0.25, 0.3) is 0 Å². The number of ether oxygens (including phenoxy) is 1. The van der Waals surface area contributed by atoms with E-state index in [4.69, 9.17) is 15.6 Å². The predicted octanol–water partition coefficient (Wildman–Crippen LogP) is 1.17. The zero-order valence-electron chi connectivity index (χ0n) is 16.6. The summed E-state index contributed by atoms with van der Waals surface area (Å²) in [6.45, 7) is 9.37. The molecule has 2 aliphatic heterocycles. The molecule has 164 valence electrons. The number of likely N-dealkylation sites (tertiary alicyclic amines) is 1. The van der Waals surface area contributed by atoms with E-state index in [9.17, 15) is 14.4 Å². The van der Waals surface area contributed by atoms with Gasteiger partial charge >= 0.3 is 12.1 Å². The Morgan fingerprint density at radius 3 is 2.39 bits per heavy atom. The number of nitrogens with two attached hydrogens (primary N) is 1. The number of rotatable bonds is 4. The van der Waals surface area contributed by atoms with Crippen LogP contribution >= 0.6 is 0 Å². The molecular weight excluding hydrogens is 364 g/mol. The van der Waals surface area contributed by atoms with Crippen molar-refractivity contribution in [2.75, 3.05) is 32.7 Å². The van der Waals surface area contributed by atoms with E-state index in [1.807, 2.05) is 20.8 Å². The number of carboxylic acids is 1. The van der Waals surface area contributed by atoms with Crippen LogP contribution in [0.5, 0.6) is 0 Å². The fourth-order valence-corrected chi connectivity index (χ4v) is 3.07. The van der Waals surface area contributed by atoms with Crippen molar-refractivity contribution in [3.8, 4) is 0 Å². The maximum atomic E-state index is 11.8. The average molecular weight is 403 g/mol. The van der Waals surface area contributed by atoms with Gasteiger partial charge in [-0.25, -0.2) is 4.79 Å². The molecule has 9 nitrogen and oxygen atoms in total. The summed E-state index contributed by atoms with van der Waals surface area (Å²) in [5.41, 5.74) is 4.51. The first-order chi connectivity index (χ1) is 12.6. The van der Waals surface area contributed by atoms with Gasteiger partial charge in [0, 0.05) is 51.6 Å². The van der Waals surface area contributed by atoms with Crippen LogP contribution in [0.1, 0.15) is 53.9 Å². The Morgan fingerprint density at radius 2 is 1.89 bits per heavy atom. The summed E-state index contributed by atoms with van der Waals surface area (Å²) in [5, 5.41) is 15.1. The molecule has 2 saturated heterocycles. The topological polar surface area (TPSA) is 134 Å². The Bertz CT molecular complexity index is 501. The van der Waals surface area contributed by atoms with E-state index < -0.39 is 11.6 Å². The van der Waals surface area contributed by atoms with E-state index in [1.54, 1.807) is 4.90 Å². The summed E-state index contributed by atoms with van der Waals surface area (Å²) in [6, 6.07) is 0.242. The summed E-state index contributed by atoms with van der Waals surface area (Å²) >= 11 is 0. The Balaban J connectivity index is 0.000000567. The number of piperazine rings is 1. The molecule has 5 N–H and O–H groups in total. The molecule has 0 radical (unpaired) electrons. The number of carbonyl (C=O) groups excluding carboxylic acids is 2. The van der Waals surface area contributed by atoms with Crippen LogP contribution in [0.3, 0.4) is 0 Å². The van der Waals surface area contributed by atoms with Crippen LogP contribution in [-0.2, 0) is 14.3 Å². The van der Waals surface area contributed by atoms with E-state index in [0.29, 0.717) is 19.5 Å². The number of hydrogen-bond acceptors (Lipinski definition) is 6. The van der Waals surface area contributed by atoms with Gasteiger partial charge in [0.2, 0.25) is 5.91 Å². The molecule has 2 unspecified atom stereocenters. The number of nitrogens with zero attached hydrogens (tertiary/aromatic N) is 1. The molecule has 0 spiro atoms. The molecule has 0 aromatic carbocycles. The second-order valence-corrected chi connectivity index (χ2v) is 8.06. The predicted molar refractivity (Wildman–Crippen MR) is 108 cm³/mol. The van der Waals surface area contributed by atoms with Crippen molar-refractivity contribution < 1.29 is 24.2 Å². The van der Waals surface area contributed by atoms with E-state index in [1.165, 1.54) is 0 Å². The maximum Gasteiger partial charge on any atom is 0.410 e. The number of aliphatic carboxylic acids is 1. The van der Waals surface area contributed by atoms with Crippen LogP contribution in [0, 0.1) is 5.92 Å². The zero-order valence-corrected chi connectivity index (χ0v) is 16.6. The third-order valence-corrected chi connectivity index (χ3v) is 4.21. The van der Waals surface area contributed by atoms with Crippen LogP contribution in [0.4, 0.5) is 4.79 Å². The first-order valence-corrected chi connectivity index (χ1v) is 9.49. The SMILES string of the molecule is C.CC(C)(C)OC(=O)N1CCCC(CC(=O)O)C1.NC(=O)CC1CNCCN1. The largest absolute Gasteiger partial charge is 0.481 e. The van der Waals surface area contributed by atoms with Gasteiger partial charge in [-0.05, 0) is 39.5 Å². The fraction of sp³-hybridized carbons (Fsp3) is 0.842. The van der Waals surface area contributed by atoms with E-state index in [0.717, 1.165) is 32.5 Å². The summed E-state index contributed by atoms with van der Waals surface area (Å²) in [5.74, 6) is -0.990. The molecule has 2 atom stereocenters. The Labute approximate surface area is 168 Å². The van der Waals surface area contributed by atoms with Gasteiger partial charge in [0.1, 0.15) is 5.60 Å². The highest BCUT2D eigenvalue weighted by molar-refractivity contribution is 5.74. The summed E-state index contributed by atoms with van der Waals surface area (Å²) in [6.07, 6.45) is 1.93. The standard InChI is InChI=1S/C12H21NO4.C6H13N3O.CH4/c1-12(2,3)17-11(16)13-6-4-5-9(8-13)7-10(14)15;7-6(10)3-5-4-8-1-2-9-5;/h9H,4-8H2,1-3H3,(H,14,15);5,8-9H,1-4H2,(H2,7,10);1H4. The van der Waals surface area contributed by atoms with Crippen LogP contribution < -0.4 is 16.4 Å². The lowest BCUT2D eigenvalue weighted by Crippen LogP contribution is -2.49. The number of nitrogens with one attached hydrogen (secondary N) is 2. The first-order valence-electron chi connectivity index (χ1n) is 9.49. The molecule has 0 aliphatic carbocycles. The Hall–Kier alpha value is -1.87. The molecule has 2 rings (SSSR count). The molecule has 2 heterocycles. The normalized spacial score (nSPS) is 22.2. The number of hydrogen-bond donors (Lipinski definition) is 4. The monoisotopic (exact) mass is 402 g/mol. The molecule has 28 heavy (non-hydrogen) atoms. The van der Waals surface area contributed by atoms with Crippen LogP contribution in [0.25, 0.3) is 0 Å². The van der Waals surface area contributed by atoms with Gasteiger partial charge in [-0.2, -0.15) is 0 Å². The van der Waals surface area contributed by atoms with Crippen molar-refractivity contribution in [3.63, 3.8) is 0 Å². The molecule has 9 heteroatoms. The van der Waals surface area contributed by atoms with Gasteiger partial charge in [-0.1, -0.05) is 7.43 Å². The highest BCUT2D eigenvalue weighted by Gasteiger charge is 2.28. The smallest absolute Gasteiger partial charge is 0.410 e. The lowest BCUT2D eigenvalue weighted by molar-refractivity contribution is -0.138. The number of piperidine rings is 1. The van der Waals surface area contributed by atoms with E-state index in [2.05, 4.69) is 10.6 Å². The Morgan fingerprint density at radius 1 is 1.21 bits per heavy atom. The van der Waals surface area contributed by atoms with Crippen LogP contribution in [0.2, 0.25) is 0 Å². The highest BCUT2D eigenvalue weighted by atomic mass is 16.6. The Kier molecular flexibility index (Phi) is 11.7. The first kappa shape index (κ1) is 26.1. The van der Waals surface area contributed by atoms with Crippen molar-refractivity contribution in [1.82, 2.24) is 15.5 Å². The van der Waals surface area contributed by atoms with Crippen molar-refractivity contribution in [1.29, 1.82) is 0 Å². The minimum Gasteiger partial charge on any atom is -0.481 e. The number of carboxylic acid groups (broad SMARTS) is 1. The quantitative estimate of drug-likeness (QED) is 0.554. The highest BCUT2D eigenvalue weighted by Crippen LogP contribution is 2.21. The van der Waals surface area contributed by atoms with Gasteiger partial charge in [-0.15, -0.1) is 0 Å². The zero-order chi connectivity index (χ0) is 20.4. The van der Waals surface area contributed by atoms with E-state index in [-0.39, 0.29) is 37.8 Å². The molecular formula is C19H38N4O5. The maximum absolute atomic E-state index is 11.8. The lowest BCUT2D eigenvalue weighted by Gasteiger charge is -2.33. The van der Waals surface area contributed by atoms with Crippen LogP contribution in [-0.4, -0.2) is 72.3 Å². The van der Waals surface area contributed by atoms with Crippen molar-refractivity contribution in [2.45, 2.75) is 65.5 Å². The molecule has 0 saturated carbocycles. The van der Waals surface area contributed by atoms with Gasteiger partial charge in [0.15, 0.2) is 0 Å². The van der Waals surface area contributed by atoms with Crippen molar-refractivity contribution >= 4 is 18.0 Å². The number of primary amides is 1. The van der Waals surface area contributed by atoms with Gasteiger partial charge in [0.05, 0.1) is 0 Å². The average Bonchev–Trinajstić information content (AvgIpc) is 2.54. The lowest BCUT2D eigenvalue weighted by atomic mass is 9.95. The number of amides is 2. The molecule has 2 fully saturated rings. The van der Waals surface area contributed by atoms with Crippen molar-refractivity contribution in [3.05, 3.63) is 0 Å². The molecule has 0 aromatic rings. The van der Waals surface area contributed by atoms with Crippen LogP contribution in [0.15, 0.2) is 0 Å². The summed E-state index contributed by atoms with van der Waals surface area (Å²) < 4.78 is 5.27. The molecule has 0 bridgehead atoms. The third-order valence-electron chi connectivity index (χ3n) is 4.21. The minimum atomic E-state index is -0.805. The minimum absolute atomic E-state index is 0. The number of carbonyl (C=O) groups is 3. The molecule has 2 aliphatic rings. The van der Waals surface area contributed by atoms with Gasteiger partial charge in [-0.3, -0.25) is 9.59 Å². The fourth-order valence-electron chi connectivity index (χ4n) is 3.07. The van der Waals surface area contributed by atoms with E-state index >= 15 is 0 Å². The second kappa shape index (κ2) is 12.6. The van der Waals surface area contributed by atoms with Crippen molar-refractivity contribution in [2.24, 2.45) is 11.7 Å². The third kappa shape index (κ3) is 11.8. The second-order valence-electron chi connectivity index (χ2n) is 8.06. The molecule has 0 aromatic heterocycles. The van der Waals surface area contributed by atoms with Gasteiger partial charge < -0.3 is 31.1 Å².